The number of sulfonamides is 1. The molecule has 0 radical (unpaired) electrons. The highest BCUT2D eigenvalue weighted by molar-refractivity contribution is 7.89. The maximum Gasteiger partial charge on any atom is 0.307 e. The number of carbonyl (C=O) groups is 3. The molecule has 3 fully saturated rings. The molecule has 0 spiro atoms. The molecule has 0 bridgehead atoms. The molecule has 68 heavy (non-hydrogen) atoms. The number of hydrogen-bond acceptors (Lipinski definition) is 11. The lowest BCUT2D eigenvalue weighted by molar-refractivity contribution is -0.141. The fraction of sp³-hybridized carbons (Fsp3) is 0.469. The van der Waals surface area contributed by atoms with E-state index in [0.29, 0.717) is 35.9 Å². The Morgan fingerprint density at radius 3 is 1.79 bits per heavy atom. The van der Waals surface area contributed by atoms with Crippen LogP contribution in [0.1, 0.15) is 41.5 Å². The zero-order valence-electron chi connectivity index (χ0n) is 39.6. The molecule has 3 saturated heterocycles. The summed E-state index contributed by atoms with van der Waals surface area (Å²) in [6.45, 7) is 11.4. The van der Waals surface area contributed by atoms with Crippen LogP contribution in [0.2, 0.25) is 0 Å². The Labute approximate surface area is 426 Å². The van der Waals surface area contributed by atoms with Gasteiger partial charge in [-0.15, -0.1) is 37.2 Å². The van der Waals surface area contributed by atoms with E-state index in [-0.39, 0.29) is 84.9 Å². The summed E-state index contributed by atoms with van der Waals surface area (Å²) in [5, 5.41) is 8.68. The Hall–Kier alpha value is -4.03. The second-order valence-corrected chi connectivity index (χ2v) is 19.5. The lowest BCUT2D eigenvalue weighted by Gasteiger charge is -2.23. The summed E-state index contributed by atoms with van der Waals surface area (Å²) in [5.41, 5.74) is 4.95. The lowest BCUT2D eigenvalue weighted by atomic mass is 10.1. The molecule has 1 N–H and O–H groups in total. The highest BCUT2D eigenvalue weighted by atomic mass is 35.5. The highest BCUT2D eigenvalue weighted by Crippen LogP contribution is 2.28. The first-order chi connectivity index (χ1) is 31.1. The summed E-state index contributed by atoms with van der Waals surface area (Å²) in [6.07, 6.45) is 6.28. The number of nitrogens with zero attached hydrogens (tertiary/aromatic N) is 6. The van der Waals surface area contributed by atoms with E-state index in [4.69, 9.17) is 26.2 Å². The van der Waals surface area contributed by atoms with Crippen LogP contribution < -0.4 is 9.64 Å². The number of carboxylic acid groups (broad SMARTS) is 1. The van der Waals surface area contributed by atoms with Crippen LogP contribution in [0.15, 0.2) is 102 Å². The van der Waals surface area contributed by atoms with Gasteiger partial charge in [0.15, 0.2) is 0 Å². The Morgan fingerprint density at radius 2 is 1.31 bits per heavy atom. The van der Waals surface area contributed by atoms with Crippen LogP contribution >= 0.6 is 48.8 Å². The molecule has 3 aromatic carbocycles. The molecule has 3 unspecified atom stereocenters. The molecule has 3 aliphatic heterocycles. The molecule has 19 heteroatoms. The van der Waals surface area contributed by atoms with Crippen LogP contribution in [0.4, 0.5) is 5.69 Å². The van der Waals surface area contributed by atoms with E-state index in [1.807, 2.05) is 48.5 Å². The number of methoxy groups -OCH3 is 1. The third-order valence-electron chi connectivity index (χ3n) is 12.1. The van der Waals surface area contributed by atoms with Crippen LogP contribution in [0.5, 0.6) is 5.75 Å². The third kappa shape index (κ3) is 18.4. The molecule has 7 rings (SSSR count). The van der Waals surface area contributed by atoms with Crippen molar-refractivity contribution in [2.75, 3.05) is 91.7 Å². The zero-order chi connectivity index (χ0) is 46.9. The van der Waals surface area contributed by atoms with E-state index < -0.39 is 16.0 Å². The number of halogens is 4. The van der Waals surface area contributed by atoms with Crippen molar-refractivity contribution in [3.8, 4) is 5.75 Å². The molecule has 376 valence electrons. The van der Waals surface area contributed by atoms with E-state index in [0.717, 1.165) is 70.8 Å². The SMILES string of the molecule is COc1cc(C)c(S(=O)(=O)N(C)CCOCC(=O)N(C)CC2CCN(c3ccncc3)C2)c(C)c1.Cl.Cl.Cl.O=C(Cl)C1CCN(Cc2ccccc2)C1.O=C(O)C1CCN(Cc2ccccc2)C1. The van der Waals surface area contributed by atoms with Crippen molar-refractivity contribution in [3.05, 3.63) is 120 Å². The predicted molar refractivity (Wildman–Crippen MR) is 275 cm³/mol. The monoisotopic (exact) mass is 1040 g/mol. The number of carboxylic acids is 1. The van der Waals surface area contributed by atoms with Gasteiger partial charge in [0.25, 0.3) is 0 Å². The number of anilines is 1. The number of aryl methyl sites for hydroxylation is 2. The van der Waals surface area contributed by atoms with Crippen LogP contribution in [-0.4, -0.2) is 141 Å². The lowest BCUT2D eigenvalue weighted by Crippen LogP contribution is -2.36. The number of likely N-dealkylation sites (N-methyl/N-ethyl adjacent to an activating group) is 2. The zero-order valence-corrected chi connectivity index (χ0v) is 43.6. The number of pyridine rings is 1. The van der Waals surface area contributed by atoms with Gasteiger partial charge in [0.1, 0.15) is 12.4 Å². The standard InChI is InChI=1S/C25H36N4O5S.C12H14ClNO.C12H15NO2.3ClH/c1-19-14-23(33-5)15-20(2)25(19)35(31,32)28(4)12-13-34-18-24(30)27(3)16-21-8-11-29(17-21)22-6-9-26-10-7-22;13-12(15)11-6-7-14(9-11)8-10-4-2-1-3-5-10;14-12(15)11-6-7-13(9-11)8-10-4-2-1-3-5-10;;;/h6-7,9-10,14-15,21H,8,11-13,16-18H2,1-5H3;1-5,11H,6-9H2;1-5,11H,6-9H2,(H,14,15);3*1H. The van der Waals surface area contributed by atoms with Gasteiger partial charge in [-0.2, -0.15) is 4.31 Å². The summed E-state index contributed by atoms with van der Waals surface area (Å²) in [6, 6.07) is 27.9. The summed E-state index contributed by atoms with van der Waals surface area (Å²) >= 11 is 5.49. The fourth-order valence-electron chi connectivity index (χ4n) is 8.46. The molecular formula is C49H68Cl4N6O8S. The molecule has 14 nitrogen and oxygen atoms in total. The normalized spacial score (nSPS) is 17.9. The Bertz CT molecular complexity index is 2160. The number of benzene rings is 3. The Kier molecular flexibility index (Phi) is 26.4. The minimum Gasteiger partial charge on any atom is -0.497 e. The van der Waals surface area contributed by atoms with Crippen molar-refractivity contribution in [2.24, 2.45) is 17.8 Å². The Morgan fingerprint density at radius 1 is 0.779 bits per heavy atom. The van der Waals surface area contributed by atoms with Crippen molar-refractivity contribution in [1.29, 1.82) is 0 Å². The third-order valence-corrected chi connectivity index (χ3v) is 14.6. The molecule has 0 aliphatic carbocycles. The highest BCUT2D eigenvalue weighted by Gasteiger charge is 2.29. The molecule has 4 aromatic rings. The predicted octanol–water partition coefficient (Wildman–Crippen LogP) is 7.46. The van der Waals surface area contributed by atoms with Gasteiger partial charge in [0.2, 0.25) is 21.2 Å². The summed E-state index contributed by atoms with van der Waals surface area (Å²) in [7, 11) is 1.16. The molecule has 1 aromatic heterocycles. The summed E-state index contributed by atoms with van der Waals surface area (Å²) in [4.78, 5) is 47.1. The average molecular weight is 1040 g/mol. The topological polar surface area (TPSA) is 153 Å². The number of aliphatic carboxylic acids is 1. The van der Waals surface area contributed by atoms with Gasteiger partial charge in [-0.25, -0.2) is 8.42 Å². The van der Waals surface area contributed by atoms with Gasteiger partial charge in [0.05, 0.1) is 24.5 Å². The first-order valence-electron chi connectivity index (χ1n) is 22.2. The minimum absolute atomic E-state index is 0. The molecule has 3 atom stereocenters. The number of carbonyl (C=O) groups excluding carboxylic acids is 2. The quantitative estimate of drug-likeness (QED) is 0.0826. The van der Waals surface area contributed by atoms with E-state index in [2.05, 4.69) is 43.9 Å². The summed E-state index contributed by atoms with van der Waals surface area (Å²) in [5.74, 6) is 0.106. The first-order valence-corrected chi connectivity index (χ1v) is 24.0. The Balaban J connectivity index is 0.000000397. The van der Waals surface area contributed by atoms with Gasteiger partial charge in [0, 0.05) is 90.5 Å². The van der Waals surface area contributed by atoms with Crippen LogP contribution in [0, 0.1) is 31.6 Å². The maximum atomic E-state index is 13.1. The molecule has 0 saturated carbocycles. The van der Waals surface area contributed by atoms with Crippen LogP contribution in [0.25, 0.3) is 0 Å². The van der Waals surface area contributed by atoms with E-state index in [1.165, 1.54) is 22.5 Å². The van der Waals surface area contributed by atoms with Gasteiger partial charge in [-0.05, 0) is 110 Å². The van der Waals surface area contributed by atoms with Crippen molar-refractivity contribution in [2.45, 2.75) is 51.1 Å². The first kappa shape index (κ1) is 60.1. The van der Waals surface area contributed by atoms with Crippen molar-refractivity contribution in [3.63, 3.8) is 0 Å². The maximum absolute atomic E-state index is 13.1. The molecule has 3 aliphatic rings. The summed E-state index contributed by atoms with van der Waals surface area (Å²) < 4.78 is 38.2. The molecular weight excluding hydrogens is 974 g/mol. The van der Waals surface area contributed by atoms with Crippen LogP contribution in [-0.2, 0) is 42.2 Å². The largest absolute Gasteiger partial charge is 0.497 e. The number of hydrogen-bond donors (Lipinski definition) is 1. The number of amides is 1. The number of ether oxygens (including phenoxy) is 2. The smallest absolute Gasteiger partial charge is 0.307 e. The number of likely N-dealkylation sites (tertiary alicyclic amines) is 2. The van der Waals surface area contributed by atoms with Gasteiger partial charge >= 0.3 is 5.97 Å². The van der Waals surface area contributed by atoms with E-state index >= 15 is 0 Å². The van der Waals surface area contributed by atoms with Crippen molar-refractivity contribution < 1.29 is 37.4 Å². The number of rotatable bonds is 17. The van der Waals surface area contributed by atoms with Crippen molar-refractivity contribution >= 4 is 81.7 Å². The second-order valence-electron chi connectivity index (χ2n) is 17.1. The van der Waals surface area contributed by atoms with Crippen molar-refractivity contribution in [1.82, 2.24) is 24.0 Å². The fourth-order valence-corrected chi connectivity index (χ4v) is 10.2. The minimum atomic E-state index is -3.69. The van der Waals surface area contributed by atoms with Crippen LogP contribution in [0.3, 0.4) is 0 Å². The van der Waals surface area contributed by atoms with Gasteiger partial charge in [-0.3, -0.25) is 29.2 Å². The molecule has 1 amide bonds. The average Bonchev–Trinajstić information content (AvgIpc) is 4.09. The molecule has 4 heterocycles. The van der Waals surface area contributed by atoms with Gasteiger partial charge in [-0.1, -0.05) is 60.7 Å². The second kappa shape index (κ2) is 29.9. The van der Waals surface area contributed by atoms with E-state index in [9.17, 15) is 22.8 Å². The number of aromatic nitrogens is 1. The van der Waals surface area contributed by atoms with Gasteiger partial charge < -0.3 is 24.4 Å². The van der Waals surface area contributed by atoms with E-state index in [1.54, 1.807) is 57.4 Å².